The highest BCUT2D eigenvalue weighted by atomic mass is 16.4. The molecule has 110 valence electrons. The summed E-state index contributed by atoms with van der Waals surface area (Å²) < 4.78 is 0. The largest absolute Gasteiger partial charge is 0.481 e. The van der Waals surface area contributed by atoms with Gasteiger partial charge in [0, 0.05) is 19.4 Å². The summed E-state index contributed by atoms with van der Waals surface area (Å²) in [5.74, 6) is -0.543. The van der Waals surface area contributed by atoms with Crippen molar-refractivity contribution in [1.29, 1.82) is 0 Å². The fourth-order valence-corrected chi connectivity index (χ4v) is 1.95. The molecule has 0 fully saturated rings. The molecule has 0 radical (unpaired) electrons. The Hall–Kier alpha value is -1.84. The number of aliphatic carboxylic acids is 1. The summed E-state index contributed by atoms with van der Waals surface area (Å²) in [4.78, 5) is 22.1. The van der Waals surface area contributed by atoms with Crippen molar-refractivity contribution < 1.29 is 14.7 Å². The van der Waals surface area contributed by atoms with Gasteiger partial charge in [0.25, 0.3) is 0 Å². The Morgan fingerprint density at radius 2 is 1.90 bits per heavy atom. The van der Waals surface area contributed by atoms with E-state index in [4.69, 9.17) is 5.11 Å². The van der Waals surface area contributed by atoms with Gasteiger partial charge in [-0.05, 0) is 30.7 Å². The molecule has 1 aromatic carbocycles. The zero-order valence-corrected chi connectivity index (χ0v) is 12.0. The van der Waals surface area contributed by atoms with Gasteiger partial charge in [-0.15, -0.1) is 0 Å². The lowest BCUT2D eigenvalue weighted by Gasteiger charge is -2.11. The van der Waals surface area contributed by atoms with E-state index in [0.29, 0.717) is 19.4 Å². The number of carbonyl (C=O) groups excluding carboxylic acids is 1. The molecule has 20 heavy (non-hydrogen) atoms. The van der Waals surface area contributed by atoms with Gasteiger partial charge in [-0.2, -0.15) is 0 Å². The average molecular weight is 277 g/mol. The predicted molar refractivity (Wildman–Crippen MR) is 78.4 cm³/mol. The highest BCUT2D eigenvalue weighted by Gasteiger charge is 2.07. The van der Waals surface area contributed by atoms with Gasteiger partial charge < -0.3 is 10.4 Å². The van der Waals surface area contributed by atoms with Crippen LogP contribution >= 0.6 is 0 Å². The maximum absolute atomic E-state index is 11.6. The van der Waals surface area contributed by atoms with E-state index in [1.807, 2.05) is 25.1 Å². The molecule has 1 unspecified atom stereocenters. The summed E-state index contributed by atoms with van der Waals surface area (Å²) in [5.41, 5.74) is 1.25. The van der Waals surface area contributed by atoms with Crippen molar-refractivity contribution in [1.82, 2.24) is 5.32 Å². The third-order valence-corrected chi connectivity index (χ3v) is 3.21. The summed E-state index contributed by atoms with van der Waals surface area (Å²) in [7, 11) is 0. The number of nitrogens with one attached hydrogen (secondary N) is 1. The van der Waals surface area contributed by atoms with E-state index in [1.165, 1.54) is 5.56 Å². The number of hydrogen-bond donors (Lipinski definition) is 2. The Balaban J connectivity index is 2.10. The van der Waals surface area contributed by atoms with Crippen LogP contribution in [0.4, 0.5) is 0 Å². The molecule has 1 amide bonds. The maximum Gasteiger partial charge on any atom is 0.303 e. The second-order valence-electron chi connectivity index (χ2n) is 5.18. The van der Waals surface area contributed by atoms with Gasteiger partial charge in [0.1, 0.15) is 0 Å². The normalized spacial score (nSPS) is 11.8. The Morgan fingerprint density at radius 3 is 2.55 bits per heavy atom. The quantitative estimate of drug-likeness (QED) is 0.729. The second kappa shape index (κ2) is 9.13. The van der Waals surface area contributed by atoms with Crippen molar-refractivity contribution in [2.45, 2.75) is 39.0 Å². The first kappa shape index (κ1) is 16.2. The second-order valence-corrected chi connectivity index (χ2v) is 5.18. The van der Waals surface area contributed by atoms with Crippen LogP contribution < -0.4 is 5.32 Å². The lowest BCUT2D eigenvalue weighted by molar-refractivity contribution is -0.137. The summed E-state index contributed by atoms with van der Waals surface area (Å²) in [6, 6.07) is 10.1. The zero-order chi connectivity index (χ0) is 14.8. The van der Waals surface area contributed by atoms with Crippen LogP contribution in [0.3, 0.4) is 0 Å². The number of carbonyl (C=O) groups is 2. The average Bonchev–Trinajstić information content (AvgIpc) is 2.44. The summed E-state index contributed by atoms with van der Waals surface area (Å²) in [6.45, 7) is 2.50. The molecule has 1 rings (SSSR count). The molecule has 0 saturated heterocycles. The molecule has 0 aromatic heterocycles. The zero-order valence-electron chi connectivity index (χ0n) is 12.0. The Morgan fingerprint density at radius 1 is 1.20 bits per heavy atom. The highest BCUT2D eigenvalue weighted by Crippen LogP contribution is 2.06. The van der Waals surface area contributed by atoms with Gasteiger partial charge in [0.05, 0.1) is 0 Å². The topological polar surface area (TPSA) is 66.4 Å². The van der Waals surface area contributed by atoms with Gasteiger partial charge in [-0.3, -0.25) is 9.59 Å². The van der Waals surface area contributed by atoms with Crippen LogP contribution in [-0.4, -0.2) is 23.5 Å². The van der Waals surface area contributed by atoms with Crippen molar-refractivity contribution >= 4 is 11.9 Å². The molecular formula is C16H23NO3. The van der Waals surface area contributed by atoms with Crippen LogP contribution in [0.15, 0.2) is 30.3 Å². The number of carboxylic acid groups (broad SMARTS) is 1. The van der Waals surface area contributed by atoms with Gasteiger partial charge in [-0.25, -0.2) is 0 Å². The van der Waals surface area contributed by atoms with E-state index in [-0.39, 0.29) is 18.2 Å². The molecule has 1 aromatic rings. The monoisotopic (exact) mass is 277 g/mol. The van der Waals surface area contributed by atoms with E-state index in [2.05, 4.69) is 17.4 Å². The number of aryl methyl sites for hydroxylation is 1. The molecule has 0 aliphatic heterocycles. The highest BCUT2D eigenvalue weighted by molar-refractivity contribution is 5.75. The van der Waals surface area contributed by atoms with E-state index in [1.54, 1.807) is 0 Å². The van der Waals surface area contributed by atoms with Gasteiger partial charge in [-0.1, -0.05) is 37.3 Å². The first-order valence-electron chi connectivity index (χ1n) is 7.10. The maximum atomic E-state index is 11.6. The number of amides is 1. The molecule has 1 atom stereocenters. The first-order chi connectivity index (χ1) is 9.58. The van der Waals surface area contributed by atoms with E-state index >= 15 is 0 Å². The van der Waals surface area contributed by atoms with Gasteiger partial charge >= 0.3 is 5.97 Å². The lowest BCUT2D eigenvalue weighted by atomic mass is 10.1. The molecule has 4 heteroatoms. The Labute approximate surface area is 120 Å². The molecule has 0 aliphatic rings. The van der Waals surface area contributed by atoms with E-state index < -0.39 is 5.97 Å². The number of benzene rings is 1. The first-order valence-corrected chi connectivity index (χ1v) is 7.10. The molecular weight excluding hydrogens is 254 g/mol. The fourth-order valence-electron chi connectivity index (χ4n) is 1.95. The predicted octanol–water partition coefficient (Wildman–Crippen LogP) is 2.63. The smallest absolute Gasteiger partial charge is 0.303 e. The third kappa shape index (κ3) is 7.56. The fraction of sp³-hybridized carbons (Fsp3) is 0.500. The molecule has 2 N–H and O–H groups in total. The van der Waals surface area contributed by atoms with Crippen LogP contribution in [0.2, 0.25) is 0 Å². The van der Waals surface area contributed by atoms with Crippen molar-refractivity contribution in [3.05, 3.63) is 35.9 Å². The Bertz CT molecular complexity index is 417. The van der Waals surface area contributed by atoms with Crippen molar-refractivity contribution in [3.63, 3.8) is 0 Å². The SMILES string of the molecule is CC(CCC(=O)O)CNC(=O)CCCc1ccccc1. The van der Waals surface area contributed by atoms with E-state index in [9.17, 15) is 9.59 Å². The standard InChI is InChI=1S/C16H23NO3/c1-13(10-11-16(19)20)12-17-15(18)9-5-8-14-6-3-2-4-7-14/h2-4,6-7,13H,5,8-12H2,1H3,(H,17,18)(H,19,20). The molecule has 0 saturated carbocycles. The lowest BCUT2D eigenvalue weighted by Crippen LogP contribution is -2.28. The minimum atomic E-state index is -0.786. The van der Waals surface area contributed by atoms with Crippen molar-refractivity contribution in [3.8, 4) is 0 Å². The molecule has 4 nitrogen and oxygen atoms in total. The molecule has 0 heterocycles. The van der Waals surface area contributed by atoms with Crippen LogP contribution in [0.25, 0.3) is 0 Å². The van der Waals surface area contributed by atoms with E-state index in [0.717, 1.165) is 12.8 Å². The summed E-state index contributed by atoms with van der Waals surface area (Å²) in [5, 5.41) is 11.4. The Kier molecular flexibility index (Phi) is 7.40. The van der Waals surface area contributed by atoms with Crippen molar-refractivity contribution in [2.75, 3.05) is 6.54 Å². The minimum Gasteiger partial charge on any atom is -0.481 e. The summed E-state index contributed by atoms with van der Waals surface area (Å²) in [6.07, 6.45) is 3.01. The third-order valence-electron chi connectivity index (χ3n) is 3.21. The van der Waals surface area contributed by atoms with Crippen LogP contribution in [0.1, 0.15) is 38.2 Å². The van der Waals surface area contributed by atoms with Crippen LogP contribution in [-0.2, 0) is 16.0 Å². The minimum absolute atomic E-state index is 0.0445. The number of carboxylic acids is 1. The van der Waals surface area contributed by atoms with Crippen molar-refractivity contribution in [2.24, 2.45) is 5.92 Å². The molecule has 0 aliphatic carbocycles. The molecule has 0 bridgehead atoms. The summed E-state index contributed by atoms with van der Waals surface area (Å²) >= 11 is 0. The number of rotatable bonds is 9. The number of hydrogen-bond acceptors (Lipinski definition) is 2. The van der Waals surface area contributed by atoms with Gasteiger partial charge in [0.2, 0.25) is 5.91 Å². The molecule has 0 spiro atoms. The van der Waals surface area contributed by atoms with Gasteiger partial charge in [0.15, 0.2) is 0 Å². The van der Waals surface area contributed by atoms with Crippen LogP contribution in [0, 0.1) is 5.92 Å². The van der Waals surface area contributed by atoms with Crippen LogP contribution in [0.5, 0.6) is 0 Å².